The number of thiophene rings is 1. The third-order valence-corrected chi connectivity index (χ3v) is 4.93. The van der Waals surface area contributed by atoms with E-state index in [1.807, 2.05) is 16.3 Å². The van der Waals surface area contributed by atoms with Crippen LogP contribution in [-0.4, -0.2) is 41.1 Å². The lowest BCUT2D eigenvalue weighted by Gasteiger charge is -2.37. The van der Waals surface area contributed by atoms with E-state index >= 15 is 0 Å². The maximum Gasteiger partial charge on any atom is 0.253 e. The molecule has 0 radical (unpaired) electrons. The van der Waals surface area contributed by atoms with Crippen molar-refractivity contribution in [1.82, 2.24) is 15.0 Å². The van der Waals surface area contributed by atoms with E-state index in [1.165, 1.54) is 22.6 Å². The van der Waals surface area contributed by atoms with Crippen molar-refractivity contribution in [3.63, 3.8) is 0 Å². The lowest BCUT2D eigenvalue weighted by molar-refractivity contribution is 0.404. The molecule has 3 aromatic heterocycles. The number of hydrogen-bond donors (Lipinski definition) is 0. The van der Waals surface area contributed by atoms with Gasteiger partial charge in [0.1, 0.15) is 22.7 Å². The normalized spacial score (nSPS) is 15.2. The summed E-state index contributed by atoms with van der Waals surface area (Å²) in [6.07, 6.45) is 1.47. The van der Waals surface area contributed by atoms with Gasteiger partial charge in [-0.15, -0.1) is 11.3 Å². The largest absolute Gasteiger partial charge is 0.363 e. The molecule has 10 heteroatoms. The van der Waals surface area contributed by atoms with Gasteiger partial charge in [0.15, 0.2) is 0 Å². The van der Waals surface area contributed by atoms with Crippen LogP contribution in [-0.2, 0) is 0 Å². The molecular formula is C15H11F4N5S. The third kappa shape index (κ3) is 2.66. The molecule has 1 aliphatic heterocycles. The zero-order chi connectivity index (χ0) is 17.6. The summed E-state index contributed by atoms with van der Waals surface area (Å²) >= 11 is 1.49. The molecule has 5 nitrogen and oxygen atoms in total. The second-order valence-corrected chi connectivity index (χ2v) is 6.38. The second-order valence-electron chi connectivity index (χ2n) is 5.48. The molecule has 130 valence electrons. The molecule has 0 atom stereocenters. The van der Waals surface area contributed by atoms with Crippen LogP contribution in [0.15, 0.2) is 17.8 Å². The van der Waals surface area contributed by atoms with E-state index in [9.17, 15) is 17.6 Å². The summed E-state index contributed by atoms with van der Waals surface area (Å²) in [5.41, 5.74) is -0.715. The maximum atomic E-state index is 13.9. The third-order valence-electron chi connectivity index (χ3n) is 4.11. The van der Waals surface area contributed by atoms with E-state index in [-0.39, 0.29) is 13.1 Å². The van der Waals surface area contributed by atoms with Crippen LogP contribution in [0.5, 0.6) is 0 Å². The zero-order valence-electron chi connectivity index (χ0n) is 12.7. The van der Waals surface area contributed by atoms with Gasteiger partial charge < -0.3 is 9.80 Å². The van der Waals surface area contributed by atoms with Gasteiger partial charge in [0.25, 0.3) is 11.9 Å². The monoisotopic (exact) mass is 369 g/mol. The number of anilines is 2. The summed E-state index contributed by atoms with van der Waals surface area (Å²) in [4.78, 5) is 15.1. The number of rotatable bonds is 2. The minimum absolute atomic E-state index is 0.187. The zero-order valence-corrected chi connectivity index (χ0v) is 13.5. The van der Waals surface area contributed by atoms with Crippen molar-refractivity contribution in [1.29, 1.82) is 0 Å². The second kappa shape index (κ2) is 6.10. The molecule has 4 rings (SSSR count). The summed E-state index contributed by atoms with van der Waals surface area (Å²) in [7, 11) is 0. The number of fused-ring (bicyclic) bond motifs is 1. The van der Waals surface area contributed by atoms with Crippen molar-refractivity contribution in [3.8, 4) is 0 Å². The molecule has 3 aromatic rings. The fourth-order valence-electron chi connectivity index (χ4n) is 2.92. The highest BCUT2D eigenvalue weighted by Crippen LogP contribution is 2.30. The highest BCUT2D eigenvalue weighted by Gasteiger charge is 2.28. The predicted molar refractivity (Wildman–Crippen MR) is 85.9 cm³/mol. The van der Waals surface area contributed by atoms with Gasteiger partial charge >= 0.3 is 0 Å². The Kier molecular flexibility index (Phi) is 3.91. The molecule has 25 heavy (non-hydrogen) atoms. The van der Waals surface area contributed by atoms with Crippen LogP contribution >= 0.6 is 11.3 Å². The quantitative estimate of drug-likeness (QED) is 0.513. The Bertz CT molecular complexity index is 913. The van der Waals surface area contributed by atoms with Crippen molar-refractivity contribution in [2.45, 2.75) is 0 Å². The average molecular weight is 369 g/mol. The fraction of sp³-hybridized carbons (Fsp3) is 0.267. The fourth-order valence-corrected chi connectivity index (χ4v) is 3.65. The molecule has 0 aromatic carbocycles. The van der Waals surface area contributed by atoms with E-state index in [4.69, 9.17) is 0 Å². The molecule has 0 amide bonds. The summed E-state index contributed by atoms with van der Waals surface area (Å²) in [6, 6.07) is 1.91. The Hall–Kier alpha value is -2.49. The maximum absolute atomic E-state index is 13.9. The minimum atomic E-state index is -1.65. The molecule has 0 aliphatic carbocycles. The van der Waals surface area contributed by atoms with E-state index in [0.717, 1.165) is 16.0 Å². The summed E-state index contributed by atoms with van der Waals surface area (Å²) in [6.45, 7) is 1.16. The molecule has 1 aliphatic rings. The number of piperazine rings is 1. The summed E-state index contributed by atoms with van der Waals surface area (Å²) in [5, 5.41) is 2.81. The Balaban J connectivity index is 1.59. The van der Waals surface area contributed by atoms with Gasteiger partial charge in [0.05, 0.1) is 5.39 Å². The van der Waals surface area contributed by atoms with Crippen LogP contribution in [0.4, 0.5) is 29.1 Å². The number of hydrogen-bond acceptors (Lipinski definition) is 6. The van der Waals surface area contributed by atoms with Crippen LogP contribution < -0.4 is 9.80 Å². The Labute approximate surface area is 143 Å². The van der Waals surface area contributed by atoms with Gasteiger partial charge in [0.2, 0.25) is 11.6 Å². The van der Waals surface area contributed by atoms with Gasteiger partial charge in [-0.05, 0) is 11.4 Å². The molecule has 1 fully saturated rings. The number of pyridine rings is 1. The topological polar surface area (TPSA) is 45.2 Å². The Morgan fingerprint density at radius 3 is 2.20 bits per heavy atom. The average Bonchev–Trinajstić information content (AvgIpc) is 3.10. The first-order chi connectivity index (χ1) is 12.1. The smallest absolute Gasteiger partial charge is 0.253 e. The number of aromatic nitrogens is 3. The highest BCUT2D eigenvalue weighted by atomic mass is 32.1. The molecule has 0 unspecified atom stereocenters. The van der Waals surface area contributed by atoms with Gasteiger partial charge in [-0.25, -0.2) is 9.97 Å². The van der Waals surface area contributed by atoms with Crippen molar-refractivity contribution >= 4 is 33.1 Å². The first kappa shape index (κ1) is 16.0. The molecule has 1 saturated heterocycles. The molecule has 0 bridgehead atoms. The first-order valence-corrected chi connectivity index (χ1v) is 8.32. The van der Waals surface area contributed by atoms with Crippen LogP contribution in [0.2, 0.25) is 0 Å². The number of nitrogens with zero attached hydrogens (tertiary/aromatic N) is 5. The molecule has 4 heterocycles. The van der Waals surface area contributed by atoms with E-state index in [2.05, 4.69) is 15.0 Å². The highest BCUT2D eigenvalue weighted by molar-refractivity contribution is 7.16. The summed E-state index contributed by atoms with van der Waals surface area (Å²) < 4.78 is 54.4. The van der Waals surface area contributed by atoms with Crippen LogP contribution in [0.1, 0.15) is 0 Å². The van der Waals surface area contributed by atoms with E-state index in [0.29, 0.717) is 13.1 Å². The van der Waals surface area contributed by atoms with Crippen LogP contribution in [0, 0.1) is 23.5 Å². The number of halogens is 4. The van der Waals surface area contributed by atoms with E-state index in [1.54, 1.807) is 0 Å². The van der Waals surface area contributed by atoms with Crippen molar-refractivity contribution < 1.29 is 17.6 Å². The lowest BCUT2D eigenvalue weighted by atomic mass is 10.2. The minimum Gasteiger partial charge on any atom is -0.363 e. The molecular weight excluding hydrogens is 358 g/mol. The Morgan fingerprint density at radius 1 is 0.880 bits per heavy atom. The molecule has 0 saturated carbocycles. The van der Waals surface area contributed by atoms with E-state index < -0.39 is 29.2 Å². The van der Waals surface area contributed by atoms with Crippen LogP contribution in [0.3, 0.4) is 0 Å². The SMILES string of the molecule is Fc1nc(F)c(F)c(N2CCN(c3ncnc4sccc34)CC2)c1F. The predicted octanol–water partition coefficient (Wildman–Crippen LogP) is 2.97. The molecule has 0 spiro atoms. The van der Waals surface area contributed by atoms with Gasteiger partial charge in [-0.1, -0.05) is 0 Å². The van der Waals surface area contributed by atoms with Gasteiger partial charge in [0, 0.05) is 26.2 Å². The van der Waals surface area contributed by atoms with Crippen molar-refractivity contribution in [3.05, 3.63) is 41.3 Å². The molecule has 0 N–H and O–H groups in total. The van der Waals surface area contributed by atoms with Gasteiger partial charge in [-0.2, -0.15) is 22.5 Å². The van der Waals surface area contributed by atoms with Crippen LogP contribution in [0.25, 0.3) is 10.2 Å². The Morgan fingerprint density at radius 2 is 1.52 bits per heavy atom. The standard InChI is InChI=1S/C15H11F4N5S/c16-9-11(10(17)13(19)22-12(9)18)23-2-4-24(5-3-23)14-8-1-6-25-15(8)21-7-20-14/h1,6-7H,2-5H2. The first-order valence-electron chi connectivity index (χ1n) is 7.44. The van der Waals surface area contributed by atoms with Crippen molar-refractivity contribution in [2.75, 3.05) is 36.0 Å². The summed E-state index contributed by atoms with van der Waals surface area (Å²) in [5.74, 6) is -5.51. The van der Waals surface area contributed by atoms with Crippen molar-refractivity contribution in [2.24, 2.45) is 0 Å². The lowest BCUT2D eigenvalue weighted by Crippen LogP contribution is -2.47. The van der Waals surface area contributed by atoms with Gasteiger partial charge in [-0.3, -0.25) is 0 Å².